The van der Waals surface area contributed by atoms with E-state index in [0.717, 1.165) is 25.2 Å². The molecular formula is C16H22N2O. The molecule has 1 unspecified atom stereocenters. The quantitative estimate of drug-likeness (QED) is 0.855. The summed E-state index contributed by atoms with van der Waals surface area (Å²) in [5.41, 5.74) is 6.33. The SMILES string of the molecule is Cc1cc2c(c(CC3CCCNC3)c1C)NC(=O)C2. The standard InChI is InChI=1S/C16H22N2O/c1-10-6-13-8-15(19)18-16(13)14(11(10)2)7-12-4-3-5-17-9-12/h6,12,17H,3-5,7-9H2,1-2H3,(H,18,19). The molecule has 1 atom stereocenters. The normalized spacial score (nSPS) is 22.2. The third-order valence-corrected chi connectivity index (χ3v) is 4.56. The predicted octanol–water partition coefficient (Wildman–Crippen LogP) is 2.34. The van der Waals surface area contributed by atoms with E-state index in [9.17, 15) is 4.79 Å². The van der Waals surface area contributed by atoms with Gasteiger partial charge in [-0.05, 0) is 74.4 Å². The molecule has 1 amide bonds. The maximum absolute atomic E-state index is 11.6. The fraction of sp³-hybridized carbons (Fsp3) is 0.562. The first-order chi connectivity index (χ1) is 9.15. The highest BCUT2D eigenvalue weighted by Crippen LogP contribution is 2.34. The summed E-state index contributed by atoms with van der Waals surface area (Å²) < 4.78 is 0. The lowest BCUT2D eigenvalue weighted by molar-refractivity contribution is -0.115. The van der Waals surface area contributed by atoms with Gasteiger partial charge in [0.1, 0.15) is 0 Å². The van der Waals surface area contributed by atoms with Crippen molar-refractivity contribution in [3.05, 3.63) is 28.3 Å². The van der Waals surface area contributed by atoms with Crippen LogP contribution < -0.4 is 10.6 Å². The Morgan fingerprint density at radius 1 is 1.37 bits per heavy atom. The van der Waals surface area contributed by atoms with Gasteiger partial charge in [-0.3, -0.25) is 4.79 Å². The molecule has 3 nitrogen and oxygen atoms in total. The zero-order valence-corrected chi connectivity index (χ0v) is 11.8. The summed E-state index contributed by atoms with van der Waals surface area (Å²) in [4.78, 5) is 11.6. The number of anilines is 1. The van der Waals surface area contributed by atoms with E-state index in [4.69, 9.17) is 0 Å². The van der Waals surface area contributed by atoms with Crippen LogP contribution >= 0.6 is 0 Å². The molecule has 0 saturated carbocycles. The van der Waals surface area contributed by atoms with Gasteiger partial charge < -0.3 is 10.6 Å². The lowest BCUT2D eigenvalue weighted by Crippen LogP contribution is -2.31. The average molecular weight is 258 g/mol. The van der Waals surface area contributed by atoms with Crippen molar-refractivity contribution in [2.45, 2.75) is 39.5 Å². The highest BCUT2D eigenvalue weighted by molar-refractivity contribution is 6.00. The highest BCUT2D eigenvalue weighted by atomic mass is 16.1. The molecule has 2 heterocycles. The summed E-state index contributed by atoms with van der Waals surface area (Å²) in [7, 11) is 0. The largest absolute Gasteiger partial charge is 0.325 e. The molecule has 1 fully saturated rings. The van der Waals surface area contributed by atoms with Gasteiger partial charge in [0.15, 0.2) is 0 Å². The highest BCUT2D eigenvalue weighted by Gasteiger charge is 2.25. The van der Waals surface area contributed by atoms with Crippen LogP contribution in [0.3, 0.4) is 0 Å². The van der Waals surface area contributed by atoms with E-state index in [1.807, 2.05) is 0 Å². The maximum Gasteiger partial charge on any atom is 0.228 e. The minimum atomic E-state index is 0.142. The van der Waals surface area contributed by atoms with Crippen LogP contribution in [-0.2, 0) is 17.6 Å². The van der Waals surface area contributed by atoms with Gasteiger partial charge in [0.25, 0.3) is 0 Å². The van der Waals surface area contributed by atoms with E-state index in [0.29, 0.717) is 12.3 Å². The molecule has 3 heteroatoms. The van der Waals surface area contributed by atoms with Crippen LogP contribution in [0.4, 0.5) is 5.69 Å². The molecule has 0 bridgehead atoms. The zero-order chi connectivity index (χ0) is 13.4. The van der Waals surface area contributed by atoms with Crippen molar-refractivity contribution in [3.63, 3.8) is 0 Å². The summed E-state index contributed by atoms with van der Waals surface area (Å²) in [5.74, 6) is 0.846. The number of carbonyl (C=O) groups excluding carboxylic acids is 1. The Labute approximate surface area is 114 Å². The fourth-order valence-electron chi connectivity index (χ4n) is 3.35. The van der Waals surface area contributed by atoms with Gasteiger partial charge >= 0.3 is 0 Å². The van der Waals surface area contributed by atoms with Gasteiger partial charge in [-0.25, -0.2) is 0 Å². The Morgan fingerprint density at radius 2 is 2.21 bits per heavy atom. The van der Waals surface area contributed by atoms with Crippen molar-refractivity contribution in [2.24, 2.45) is 5.92 Å². The number of aryl methyl sites for hydroxylation is 1. The van der Waals surface area contributed by atoms with Gasteiger partial charge in [0.2, 0.25) is 5.91 Å². The summed E-state index contributed by atoms with van der Waals surface area (Å²) in [6.07, 6.45) is 4.20. The second-order valence-electron chi connectivity index (χ2n) is 5.97. The molecule has 2 aliphatic heterocycles. The molecule has 2 aliphatic rings. The van der Waals surface area contributed by atoms with Crippen LogP contribution in [0.5, 0.6) is 0 Å². The first-order valence-electron chi connectivity index (χ1n) is 7.27. The third-order valence-electron chi connectivity index (χ3n) is 4.56. The Kier molecular flexibility index (Phi) is 3.31. The van der Waals surface area contributed by atoms with Gasteiger partial charge in [0.05, 0.1) is 6.42 Å². The topological polar surface area (TPSA) is 41.1 Å². The maximum atomic E-state index is 11.6. The van der Waals surface area contributed by atoms with Crippen molar-refractivity contribution < 1.29 is 4.79 Å². The smallest absolute Gasteiger partial charge is 0.228 e. The van der Waals surface area contributed by atoms with Gasteiger partial charge in [0, 0.05) is 5.69 Å². The number of carbonyl (C=O) groups is 1. The van der Waals surface area contributed by atoms with Crippen LogP contribution in [0.15, 0.2) is 6.07 Å². The van der Waals surface area contributed by atoms with E-state index in [2.05, 4.69) is 30.5 Å². The summed E-state index contributed by atoms with van der Waals surface area (Å²) in [6.45, 7) is 6.60. The van der Waals surface area contributed by atoms with Crippen LogP contribution in [0, 0.1) is 19.8 Å². The van der Waals surface area contributed by atoms with Crippen LogP contribution in [0.25, 0.3) is 0 Å². The van der Waals surface area contributed by atoms with Crippen LogP contribution in [-0.4, -0.2) is 19.0 Å². The van der Waals surface area contributed by atoms with Gasteiger partial charge in [-0.2, -0.15) is 0 Å². The number of amides is 1. The van der Waals surface area contributed by atoms with Crippen LogP contribution in [0.2, 0.25) is 0 Å². The molecular weight excluding hydrogens is 236 g/mol. The number of hydrogen-bond acceptors (Lipinski definition) is 2. The van der Waals surface area contributed by atoms with Gasteiger partial charge in [-0.1, -0.05) is 6.07 Å². The molecule has 0 spiro atoms. The summed E-state index contributed by atoms with van der Waals surface area (Å²) >= 11 is 0. The molecule has 3 rings (SSSR count). The number of fused-ring (bicyclic) bond motifs is 1. The minimum Gasteiger partial charge on any atom is -0.325 e. The number of piperidine rings is 1. The Bertz CT molecular complexity index is 516. The first kappa shape index (κ1) is 12.7. The monoisotopic (exact) mass is 258 g/mol. The van der Waals surface area contributed by atoms with E-state index in [-0.39, 0.29) is 5.91 Å². The number of rotatable bonds is 2. The molecule has 0 aromatic heterocycles. The van der Waals surface area contributed by atoms with Crippen molar-refractivity contribution >= 4 is 11.6 Å². The lowest BCUT2D eigenvalue weighted by atomic mass is 9.87. The zero-order valence-electron chi connectivity index (χ0n) is 11.8. The van der Waals surface area contributed by atoms with Crippen LogP contribution in [0.1, 0.15) is 35.1 Å². The summed E-state index contributed by atoms with van der Waals surface area (Å²) in [5, 5.41) is 6.54. The van der Waals surface area contributed by atoms with Crippen molar-refractivity contribution in [3.8, 4) is 0 Å². The minimum absolute atomic E-state index is 0.142. The van der Waals surface area contributed by atoms with Gasteiger partial charge in [-0.15, -0.1) is 0 Å². The second kappa shape index (κ2) is 4.97. The van der Waals surface area contributed by atoms with Crippen molar-refractivity contribution in [1.82, 2.24) is 5.32 Å². The van der Waals surface area contributed by atoms with Crippen molar-refractivity contribution in [2.75, 3.05) is 18.4 Å². The van der Waals surface area contributed by atoms with Crippen molar-refractivity contribution in [1.29, 1.82) is 0 Å². The molecule has 1 saturated heterocycles. The van der Waals surface area contributed by atoms with E-state index >= 15 is 0 Å². The Morgan fingerprint density at radius 3 is 2.95 bits per heavy atom. The molecule has 1 aromatic rings. The van der Waals surface area contributed by atoms with E-state index < -0.39 is 0 Å². The summed E-state index contributed by atoms with van der Waals surface area (Å²) in [6, 6.07) is 2.17. The Balaban J connectivity index is 1.93. The number of benzene rings is 1. The predicted molar refractivity (Wildman–Crippen MR) is 77.5 cm³/mol. The lowest BCUT2D eigenvalue weighted by Gasteiger charge is -2.25. The second-order valence-corrected chi connectivity index (χ2v) is 5.97. The molecule has 1 aromatic carbocycles. The number of nitrogens with one attached hydrogen (secondary N) is 2. The molecule has 2 N–H and O–H groups in total. The average Bonchev–Trinajstić information content (AvgIpc) is 2.76. The fourth-order valence-corrected chi connectivity index (χ4v) is 3.35. The molecule has 0 radical (unpaired) electrons. The Hall–Kier alpha value is -1.35. The molecule has 19 heavy (non-hydrogen) atoms. The van der Waals surface area contributed by atoms with E-state index in [1.165, 1.54) is 35.1 Å². The molecule has 102 valence electrons. The van der Waals surface area contributed by atoms with E-state index in [1.54, 1.807) is 0 Å². The molecule has 0 aliphatic carbocycles. The number of hydrogen-bond donors (Lipinski definition) is 2. The first-order valence-corrected chi connectivity index (χ1v) is 7.27. The third kappa shape index (κ3) is 2.39.